The van der Waals surface area contributed by atoms with Gasteiger partial charge in [0.1, 0.15) is 5.82 Å². The van der Waals surface area contributed by atoms with Crippen LogP contribution < -0.4 is 5.32 Å². The van der Waals surface area contributed by atoms with Crippen molar-refractivity contribution in [1.82, 2.24) is 10.2 Å². The second kappa shape index (κ2) is 8.85. The number of hydrogen-bond acceptors (Lipinski definition) is 2. The van der Waals surface area contributed by atoms with Crippen molar-refractivity contribution in [3.63, 3.8) is 0 Å². The molecule has 1 saturated heterocycles. The van der Waals surface area contributed by atoms with Gasteiger partial charge in [0.25, 0.3) is 0 Å². The molecule has 1 heterocycles. The lowest BCUT2D eigenvalue weighted by Gasteiger charge is -2.31. The molecule has 0 aliphatic carbocycles. The molecular formula is C20H21Cl2FN2O. The van der Waals surface area contributed by atoms with Crippen LogP contribution in [0.4, 0.5) is 4.39 Å². The zero-order chi connectivity index (χ0) is 18.5. The van der Waals surface area contributed by atoms with E-state index >= 15 is 0 Å². The molecule has 2 aromatic carbocycles. The topological polar surface area (TPSA) is 32.3 Å². The molecule has 1 aliphatic heterocycles. The number of likely N-dealkylation sites (tertiary alicyclic amines) is 1. The van der Waals surface area contributed by atoms with E-state index in [1.807, 2.05) is 18.2 Å². The summed E-state index contributed by atoms with van der Waals surface area (Å²) in [4.78, 5) is 14.7. The lowest BCUT2D eigenvalue weighted by atomic mass is 9.95. The molecule has 0 unspecified atom stereocenters. The van der Waals surface area contributed by atoms with Crippen molar-refractivity contribution in [3.05, 3.63) is 69.5 Å². The van der Waals surface area contributed by atoms with E-state index < -0.39 is 0 Å². The van der Waals surface area contributed by atoms with Crippen LogP contribution in [0.3, 0.4) is 0 Å². The second-order valence-corrected chi connectivity index (χ2v) is 7.48. The maximum atomic E-state index is 13.2. The molecule has 2 aromatic rings. The van der Waals surface area contributed by atoms with Gasteiger partial charge in [0, 0.05) is 29.1 Å². The number of piperidine rings is 1. The van der Waals surface area contributed by atoms with Gasteiger partial charge in [0.05, 0.1) is 0 Å². The van der Waals surface area contributed by atoms with Crippen LogP contribution in [0.2, 0.25) is 10.0 Å². The fraction of sp³-hybridized carbons (Fsp3) is 0.350. The van der Waals surface area contributed by atoms with Crippen molar-refractivity contribution in [2.45, 2.75) is 25.9 Å². The van der Waals surface area contributed by atoms with E-state index in [-0.39, 0.29) is 17.6 Å². The molecule has 1 aliphatic rings. The van der Waals surface area contributed by atoms with Gasteiger partial charge in [-0.2, -0.15) is 0 Å². The molecule has 26 heavy (non-hydrogen) atoms. The molecule has 1 amide bonds. The summed E-state index contributed by atoms with van der Waals surface area (Å²) in [7, 11) is 0. The molecule has 6 heteroatoms. The maximum absolute atomic E-state index is 13.2. The third-order valence-corrected chi connectivity index (χ3v) is 5.31. The van der Waals surface area contributed by atoms with Crippen molar-refractivity contribution in [3.8, 4) is 0 Å². The van der Waals surface area contributed by atoms with Gasteiger partial charge in [0.2, 0.25) is 5.91 Å². The summed E-state index contributed by atoms with van der Waals surface area (Å²) in [5.41, 5.74) is 1.82. The third kappa shape index (κ3) is 5.19. The zero-order valence-electron chi connectivity index (χ0n) is 14.4. The van der Waals surface area contributed by atoms with Gasteiger partial charge in [0.15, 0.2) is 0 Å². The number of rotatable bonds is 5. The van der Waals surface area contributed by atoms with Crippen LogP contribution in [0.5, 0.6) is 0 Å². The summed E-state index contributed by atoms with van der Waals surface area (Å²) in [6, 6.07) is 11.8. The summed E-state index contributed by atoms with van der Waals surface area (Å²) in [6.07, 6.45) is 1.61. The van der Waals surface area contributed by atoms with Crippen molar-refractivity contribution in [1.29, 1.82) is 0 Å². The Balaban J connectivity index is 1.46. The highest BCUT2D eigenvalue weighted by Crippen LogP contribution is 2.25. The molecule has 1 fully saturated rings. The SMILES string of the molecule is O=C(NCc1cccc(F)c1)C1CCN(Cc2ccc(Cl)cc2Cl)CC1. The molecule has 138 valence electrons. The van der Waals surface area contributed by atoms with Crippen LogP contribution in [-0.2, 0) is 17.9 Å². The first kappa shape index (κ1) is 19.2. The molecule has 0 atom stereocenters. The fourth-order valence-electron chi connectivity index (χ4n) is 3.22. The van der Waals surface area contributed by atoms with E-state index in [2.05, 4.69) is 10.2 Å². The lowest BCUT2D eigenvalue weighted by molar-refractivity contribution is -0.126. The van der Waals surface area contributed by atoms with E-state index in [4.69, 9.17) is 23.2 Å². The van der Waals surface area contributed by atoms with Crippen molar-refractivity contribution >= 4 is 29.1 Å². The largest absolute Gasteiger partial charge is 0.352 e. The molecule has 0 radical (unpaired) electrons. The smallest absolute Gasteiger partial charge is 0.223 e. The number of carbonyl (C=O) groups excluding carboxylic acids is 1. The second-order valence-electron chi connectivity index (χ2n) is 6.63. The molecule has 0 saturated carbocycles. The number of hydrogen-bond donors (Lipinski definition) is 1. The van der Waals surface area contributed by atoms with Gasteiger partial charge in [-0.1, -0.05) is 41.4 Å². The monoisotopic (exact) mass is 394 g/mol. The molecule has 0 aromatic heterocycles. The van der Waals surface area contributed by atoms with Gasteiger partial charge in [-0.15, -0.1) is 0 Å². The Morgan fingerprint density at radius 1 is 1.15 bits per heavy atom. The predicted octanol–water partition coefficient (Wildman–Crippen LogP) is 4.66. The quantitative estimate of drug-likeness (QED) is 0.799. The van der Waals surface area contributed by atoms with Gasteiger partial charge >= 0.3 is 0 Å². The minimum absolute atomic E-state index is 0.000462. The van der Waals surface area contributed by atoms with Crippen LogP contribution >= 0.6 is 23.2 Å². The van der Waals surface area contributed by atoms with E-state index in [0.717, 1.165) is 43.6 Å². The van der Waals surface area contributed by atoms with E-state index in [1.54, 1.807) is 12.1 Å². The summed E-state index contributed by atoms with van der Waals surface area (Å²) < 4.78 is 13.2. The summed E-state index contributed by atoms with van der Waals surface area (Å²) in [6.45, 7) is 2.80. The Bertz CT molecular complexity index is 776. The van der Waals surface area contributed by atoms with Crippen molar-refractivity contribution in [2.75, 3.05) is 13.1 Å². The summed E-state index contributed by atoms with van der Waals surface area (Å²) in [5, 5.41) is 4.22. The van der Waals surface area contributed by atoms with Gasteiger partial charge in [-0.25, -0.2) is 4.39 Å². The van der Waals surface area contributed by atoms with E-state index in [0.29, 0.717) is 16.6 Å². The number of amides is 1. The zero-order valence-corrected chi connectivity index (χ0v) is 15.9. The number of nitrogens with zero attached hydrogens (tertiary/aromatic N) is 1. The minimum Gasteiger partial charge on any atom is -0.352 e. The van der Waals surface area contributed by atoms with Crippen LogP contribution in [-0.4, -0.2) is 23.9 Å². The average molecular weight is 395 g/mol. The normalized spacial score (nSPS) is 15.8. The maximum Gasteiger partial charge on any atom is 0.223 e. The minimum atomic E-state index is -0.286. The Labute approximate surface area is 163 Å². The molecule has 1 N–H and O–H groups in total. The third-order valence-electron chi connectivity index (χ3n) is 4.72. The summed E-state index contributed by atoms with van der Waals surface area (Å²) in [5.74, 6) is -0.246. The predicted molar refractivity (Wildman–Crippen MR) is 103 cm³/mol. The van der Waals surface area contributed by atoms with E-state index in [9.17, 15) is 9.18 Å². The Morgan fingerprint density at radius 3 is 2.62 bits per heavy atom. The Kier molecular flexibility index (Phi) is 6.52. The first-order chi connectivity index (χ1) is 12.5. The number of carbonyl (C=O) groups is 1. The number of benzene rings is 2. The van der Waals surface area contributed by atoms with Crippen LogP contribution in [0.15, 0.2) is 42.5 Å². The van der Waals surface area contributed by atoms with E-state index in [1.165, 1.54) is 12.1 Å². The molecule has 0 bridgehead atoms. The first-order valence-corrected chi connectivity index (χ1v) is 9.45. The van der Waals surface area contributed by atoms with Gasteiger partial charge in [-0.3, -0.25) is 9.69 Å². The fourth-order valence-corrected chi connectivity index (χ4v) is 3.69. The molecular weight excluding hydrogens is 374 g/mol. The van der Waals surface area contributed by atoms with Crippen LogP contribution in [0.25, 0.3) is 0 Å². The van der Waals surface area contributed by atoms with Crippen LogP contribution in [0.1, 0.15) is 24.0 Å². The van der Waals surface area contributed by atoms with Crippen molar-refractivity contribution in [2.24, 2.45) is 5.92 Å². The molecule has 3 nitrogen and oxygen atoms in total. The number of nitrogens with one attached hydrogen (secondary N) is 1. The number of halogens is 3. The average Bonchev–Trinajstić information content (AvgIpc) is 2.63. The standard InChI is InChI=1S/C20H21Cl2FN2O/c21-17-5-4-16(19(22)11-17)13-25-8-6-15(7-9-25)20(26)24-12-14-2-1-3-18(23)10-14/h1-5,10-11,15H,6-9,12-13H2,(H,24,26). The molecule has 3 rings (SSSR count). The lowest BCUT2D eigenvalue weighted by Crippen LogP contribution is -2.40. The van der Waals surface area contributed by atoms with Gasteiger partial charge < -0.3 is 5.32 Å². The summed E-state index contributed by atoms with van der Waals surface area (Å²) >= 11 is 12.2. The Hall–Kier alpha value is -1.62. The highest BCUT2D eigenvalue weighted by atomic mass is 35.5. The first-order valence-electron chi connectivity index (χ1n) is 8.69. The highest BCUT2D eigenvalue weighted by molar-refractivity contribution is 6.35. The van der Waals surface area contributed by atoms with Crippen molar-refractivity contribution < 1.29 is 9.18 Å². The van der Waals surface area contributed by atoms with Crippen LogP contribution in [0, 0.1) is 11.7 Å². The van der Waals surface area contributed by atoms with Gasteiger partial charge in [-0.05, 0) is 61.3 Å². The highest BCUT2D eigenvalue weighted by Gasteiger charge is 2.25. The molecule has 0 spiro atoms. The Morgan fingerprint density at radius 2 is 1.92 bits per heavy atom.